The normalized spacial score (nSPS) is 12.5. The maximum absolute atomic E-state index is 14.8. The Bertz CT molecular complexity index is 1150. The van der Waals surface area contributed by atoms with E-state index in [1.165, 1.54) is 24.3 Å². The molecule has 1 atom stereocenters. The molecule has 31 heavy (non-hydrogen) atoms. The molecular formula is C23H22ClF2NO3S. The topological polar surface area (TPSA) is 57.6 Å². The second-order valence-corrected chi connectivity index (χ2v) is 9.30. The number of hydrogen-bond acceptors (Lipinski definition) is 3. The van der Waals surface area contributed by atoms with E-state index in [1.807, 2.05) is 12.1 Å². The average molecular weight is 466 g/mol. The fourth-order valence-electron chi connectivity index (χ4n) is 3.49. The van der Waals surface area contributed by atoms with Crippen LogP contribution in [0.25, 0.3) is 0 Å². The molecule has 0 aliphatic heterocycles. The van der Waals surface area contributed by atoms with E-state index in [9.17, 15) is 22.3 Å². The van der Waals surface area contributed by atoms with Gasteiger partial charge in [0.1, 0.15) is 11.6 Å². The predicted molar refractivity (Wildman–Crippen MR) is 118 cm³/mol. The summed E-state index contributed by atoms with van der Waals surface area (Å²) in [5.74, 6) is -1.62. The molecule has 0 fully saturated rings. The maximum atomic E-state index is 14.8. The van der Waals surface area contributed by atoms with Crippen LogP contribution in [0.5, 0.6) is 0 Å². The van der Waals surface area contributed by atoms with Crippen LogP contribution in [0.2, 0.25) is 5.02 Å². The smallest absolute Gasteiger partial charge is 0.264 e. The lowest BCUT2D eigenvalue weighted by Gasteiger charge is -2.32. The Morgan fingerprint density at radius 1 is 1.03 bits per heavy atom. The summed E-state index contributed by atoms with van der Waals surface area (Å²) < 4.78 is 56.9. The van der Waals surface area contributed by atoms with E-state index >= 15 is 0 Å². The van der Waals surface area contributed by atoms with Crippen LogP contribution >= 0.6 is 11.6 Å². The lowest BCUT2D eigenvalue weighted by Crippen LogP contribution is -2.35. The maximum Gasteiger partial charge on any atom is 0.264 e. The van der Waals surface area contributed by atoms with E-state index in [1.54, 1.807) is 19.1 Å². The first kappa shape index (κ1) is 23.2. The van der Waals surface area contributed by atoms with E-state index in [4.69, 9.17) is 11.6 Å². The molecule has 4 nitrogen and oxygen atoms in total. The largest absolute Gasteiger partial charge is 0.396 e. The minimum atomic E-state index is -4.28. The zero-order valence-corrected chi connectivity index (χ0v) is 18.4. The van der Waals surface area contributed by atoms with Crippen molar-refractivity contribution in [3.63, 3.8) is 0 Å². The molecule has 0 spiro atoms. The summed E-state index contributed by atoms with van der Waals surface area (Å²) in [6.45, 7) is 1.60. The van der Waals surface area contributed by atoms with Gasteiger partial charge < -0.3 is 5.11 Å². The zero-order valence-electron chi connectivity index (χ0n) is 16.8. The number of halogens is 3. The molecule has 0 heterocycles. The van der Waals surface area contributed by atoms with Crippen LogP contribution in [0.3, 0.4) is 0 Å². The fraction of sp³-hybridized carbons (Fsp3) is 0.217. The number of anilines is 1. The summed E-state index contributed by atoms with van der Waals surface area (Å²) in [5.41, 5.74) is 1.06. The van der Waals surface area contributed by atoms with Gasteiger partial charge >= 0.3 is 0 Å². The molecule has 0 saturated heterocycles. The molecule has 0 amide bonds. The van der Waals surface area contributed by atoms with Gasteiger partial charge in [-0.1, -0.05) is 35.9 Å². The van der Waals surface area contributed by atoms with Gasteiger partial charge in [-0.05, 0) is 67.3 Å². The summed E-state index contributed by atoms with van der Waals surface area (Å²) in [7, 11) is -4.28. The van der Waals surface area contributed by atoms with Crippen molar-refractivity contribution >= 4 is 27.3 Å². The number of aliphatic hydroxyl groups excluding tert-OH is 1. The van der Waals surface area contributed by atoms with Crippen molar-refractivity contribution in [3.05, 3.63) is 94.5 Å². The minimum Gasteiger partial charge on any atom is -0.396 e. The second kappa shape index (κ2) is 9.77. The van der Waals surface area contributed by atoms with Crippen molar-refractivity contribution in [1.29, 1.82) is 0 Å². The Kier molecular flexibility index (Phi) is 7.30. The van der Waals surface area contributed by atoms with Gasteiger partial charge in [0.15, 0.2) is 0 Å². The van der Waals surface area contributed by atoms with Gasteiger partial charge in [-0.15, -0.1) is 0 Å². The van der Waals surface area contributed by atoms with Gasteiger partial charge in [-0.2, -0.15) is 0 Å². The Labute approximate surface area is 185 Å². The SMILES string of the molecule is CC(c1ccccc1CCCO)N(c1cc(F)ccc1F)S(=O)(=O)c1ccc(Cl)cc1. The van der Waals surface area contributed by atoms with E-state index < -0.39 is 27.7 Å². The van der Waals surface area contributed by atoms with E-state index in [0.29, 0.717) is 23.4 Å². The van der Waals surface area contributed by atoms with E-state index in [0.717, 1.165) is 28.1 Å². The third-order valence-electron chi connectivity index (χ3n) is 4.98. The van der Waals surface area contributed by atoms with Crippen LogP contribution in [0, 0.1) is 11.6 Å². The van der Waals surface area contributed by atoms with Gasteiger partial charge in [-0.3, -0.25) is 4.31 Å². The molecule has 0 aromatic heterocycles. The molecule has 0 radical (unpaired) electrons. The highest BCUT2D eigenvalue weighted by Gasteiger charge is 2.33. The molecular weight excluding hydrogens is 444 g/mol. The first-order valence-corrected chi connectivity index (χ1v) is 11.5. The molecule has 3 rings (SSSR count). The van der Waals surface area contributed by atoms with Crippen LogP contribution in [-0.4, -0.2) is 20.1 Å². The molecule has 0 saturated carbocycles. The number of nitrogens with zero attached hydrogens (tertiary/aromatic N) is 1. The summed E-state index contributed by atoms with van der Waals surface area (Å²) in [5, 5.41) is 9.55. The second-order valence-electron chi connectivity index (χ2n) is 7.05. The highest BCUT2D eigenvalue weighted by atomic mass is 35.5. The molecule has 3 aromatic rings. The summed E-state index contributed by atoms with van der Waals surface area (Å²) in [4.78, 5) is -0.0970. The van der Waals surface area contributed by atoms with Crippen LogP contribution < -0.4 is 4.31 Å². The zero-order chi connectivity index (χ0) is 22.6. The van der Waals surface area contributed by atoms with Crippen molar-refractivity contribution < 1.29 is 22.3 Å². The highest BCUT2D eigenvalue weighted by Crippen LogP contribution is 2.36. The Hall–Kier alpha value is -2.48. The molecule has 0 aliphatic carbocycles. The van der Waals surface area contributed by atoms with Gasteiger partial charge in [0.25, 0.3) is 10.0 Å². The van der Waals surface area contributed by atoms with Gasteiger partial charge in [-0.25, -0.2) is 17.2 Å². The van der Waals surface area contributed by atoms with Crippen molar-refractivity contribution in [2.45, 2.75) is 30.7 Å². The summed E-state index contributed by atoms with van der Waals surface area (Å²) in [6.07, 6.45) is 0.999. The summed E-state index contributed by atoms with van der Waals surface area (Å²) in [6, 6.07) is 14.5. The van der Waals surface area contributed by atoms with Crippen LogP contribution in [0.1, 0.15) is 30.5 Å². The third kappa shape index (κ3) is 5.06. The first-order valence-electron chi connectivity index (χ1n) is 9.69. The number of benzene rings is 3. The van der Waals surface area contributed by atoms with Crippen LogP contribution in [0.4, 0.5) is 14.5 Å². The summed E-state index contributed by atoms with van der Waals surface area (Å²) >= 11 is 5.89. The number of aryl methyl sites for hydroxylation is 1. The Morgan fingerprint density at radius 3 is 2.39 bits per heavy atom. The number of rotatable bonds is 8. The van der Waals surface area contributed by atoms with E-state index in [2.05, 4.69) is 0 Å². The first-order chi connectivity index (χ1) is 14.8. The third-order valence-corrected chi connectivity index (χ3v) is 7.13. The molecule has 0 bridgehead atoms. The Morgan fingerprint density at radius 2 is 1.71 bits per heavy atom. The molecule has 8 heteroatoms. The average Bonchev–Trinajstić information content (AvgIpc) is 2.75. The van der Waals surface area contributed by atoms with Gasteiger partial charge in [0.2, 0.25) is 0 Å². The van der Waals surface area contributed by atoms with E-state index in [-0.39, 0.29) is 17.2 Å². The van der Waals surface area contributed by atoms with Crippen molar-refractivity contribution in [2.24, 2.45) is 0 Å². The van der Waals surface area contributed by atoms with Gasteiger partial charge in [0, 0.05) is 17.7 Å². The monoisotopic (exact) mass is 465 g/mol. The highest BCUT2D eigenvalue weighted by molar-refractivity contribution is 7.92. The number of hydrogen-bond donors (Lipinski definition) is 1. The minimum absolute atomic E-state index is 0.0198. The number of sulfonamides is 1. The quantitative estimate of drug-likeness (QED) is 0.478. The molecule has 0 aliphatic rings. The predicted octanol–water partition coefficient (Wildman–Crippen LogP) is 5.50. The van der Waals surface area contributed by atoms with Crippen molar-refractivity contribution in [3.8, 4) is 0 Å². The van der Waals surface area contributed by atoms with Crippen LogP contribution in [0.15, 0.2) is 71.6 Å². The number of aliphatic hydroxyl groups is 1. The molecule has 3 aromatic carbocycles. The molecule has 1 N–H and O–H groups in total. The lowest BCUT2D eigenvalue weighted by atomic mass is 9.97. The fourth-order valence-corrected chi connectivity index (χ4v) is 5.25. The lowest BCUT2D eigenvalue weighted by molar-refractivity contribution is 0.288. The molecule has 1 unspecified atom stereocenters. The van der Waals surface area contributed by atoms with Crippen LogP contribution in [-0.2, 0) is 16.4 Å². The van der Waals surface area contributed by atoms with Crippen molar-refractivity contribution in [2.75, 3.05) is 10.9 Å². The van der Waals surface area contributed by atoms with Crippen molar-refractivity contribution in [1.82, 2.24) is 0 Å². The molecule has 164 valence electrons. The standard InChI is InChI=1S/C23H22ClF2NO3S/c1-16(21-7-3-2-5-17(21)6-4-14-28)27(23-15-19(25)10-13-22(23)26)31(29,30)20-11-8-18(24)9-12-20/h2-3,5,7-13,15-16,28H,4,6,14H2,1H3. The van der Waals surface area contributed by atoms with Gasteiger partial charge in [0.05, 0.1) is 16.6 Å². The Balaban J connectivity index is 2.20.